The van der Waals surface area contributed by atoms with Crippen LogP contribution in [0.1, 0.15) is 15.9 Å². The van der Waals surface area contributed by atoms with Gasteiger partial charge in [0.2, 0.25) is 0 Å². The summed E-state index contributed by atoms with van der Waals surface area (Å²) in [6.45, 7) is -2.96. The average molecular weight is 330 g/mol. The first-order valence-corrected chi connectivity index (χ1v) is 5.73. The van der Waals surface area contributed by atoms with Crippen LogP contribution in [0.15, 0.2) is 16.6 Å². The predicted octanol–water partition coefficient (Wildman–Crippen LogP) is 3.58. The summed E-state index contributed by atoms with van der Waals surface area (Å²) >= 11 is 8.80. The van der Waals surface area contributed by atoms with E-state index in [0.29, 0.717) is 10.0 Å². The SMILES string of the molecule is COC(=O)c1cc(OC(F)F)cc(Br)c1CCl. The molecule has 0 saturated heterocycles. The van der Waals surface area contributed by atoms with Crippen molar-refractivity contribution in [2.75, 3.05) is 7.11 Å². The van der Waals surface area contributed by atoms with Crippen molar-refractivity contribution in [2.24, 2.45) is 0 Å². The van der Waals surface area contributed by atoms with Crippen molar-refractivity contribution >= 4 is 33.5 Å². The van der Waals surface area contributed by atoms with E-state index in [1.165, 1.54) is 19.2 Å². The van der Waals surface area contributed by atoms with E-state index >= 15 is 0 Å². The lowest BCUT2D eigenvalue weighted by molar-refractivity contribution is -0.0499. The van der Waals surface area contributed by atoms with Crippen molar-refractivity contribution in [2.45, 2.75) is 12.5 Å². The van der Waals surface area contributed by atoms with E-state index in [4.69, 9.17) is 11.6 Å². The third-order valence-electron chi connectivity index (χ3n) is 1.93. The lowest BCUT2D eigenvalue weighted by Gasteiger charge is -2.11. The fourth-order valence-corrected chi connectivity index (χ4v) is 2.24. The van der Waals surface area contributed by atoms with Gasteiger partial charge in [0.1, 0.15) is 5.75 Å². The van der Waals surface area contributed by atoms with Crippen molar-refractivity contribution in [3.8, 4) is 5.75 Å². The summed E-state index contributed by atoms with van der Waals surface area (Å²) in [5, 5.41) is 0. The Bertz CT molecular complexity index is 426. The van der Waals surface area contributed by atoms with Crippen LogP contribution in [0, 0.1) is 0 Å². The Morgan fingerprint density at radius 3 is 2.65 bits per heavy atom. The van der Waals surface area contributed by atoms with Gasteiger partial charge in [-0.3, -0.25) is 0 Å². The van der Waals surface area contributed by atoms with Crippen LogP contribution in [0.25, 0.3) is 0 Å². The van der Waals surface area contributed by atoms with Gasteiger partial charge >= 0.3 is 12.6 Å². The number of ether oxygens (including phenoxy) is 2. The molecule has 0 saturated carbocycles. The Balaban J connectivity index is 3.23. The first-order chi connectivity index (χ1) is 7.99. The summed E-state index contributed by atoms with van der Waals surface area (Å²) in [6.07, 6.45) is 0. The molecule has 0 amide bonds. The van der Waals surface area contributed by atoms with Gasteiger partial charge in [0.05, 0.1) is 12.7 Å². The van der Waals surface area contributed by atoms with Gasteiger partial charge in [-0.1, -0.05) is 15.9 Å². The molecule has 0 aliphatic carbocycles. The molecule has 0 heterocycles. The molecule has 0 N–H and O–H groups in total. The molecular formula is C10H8BrClF2O3. The number of alkyl halides is 3. The molecular weight excluding hydrogens is 321 g/mol. The molecule has 0 spiro atoms. The third-order valence-corrected chi connectivity index (χ3v) is 2.91. The molecule has 0 aliphatic heterocycles. The molecule has 94 valence electrons. The van der Waals surface area contributed by atoms with Crippen LogP contribution in [0.2, 0.25) is 0 Å². The number of carbonyl (C=O) groups is 1. The van der Waals surface area contributed by atoms with Crippen molar-refractivity contribution in [1.82, 2.24) is 0 Å². The highest BCUT2D eigenvalue weighted by Crippen LogP contribution is 2.29. The highest BCUT2D eigenvalue weighted by atomic mass is 79.9. The van der Waals surface area contributed by atoms with Crippen LogP contribution < -0.4 is 4.74 Å². The topological polar surface area (TPSA) is 35.5 Å². The minimum absolute atomic E-state index is 0.0416. The maximum absolute atomic E-state index is 12.1. The number of benzene rings is 1. The van der Waals surface area contributed by atoms with E-state index in [-0.39, 0.29) is 17.2 Å². The number of hydrogen-bond acceptors (Lipinski definition) is 3. The number of esters is 1. The molecule has 7 heteroatoms. The van der Waals surface area contributed by atoms with E-state index in [1.807, 2.05) is 0 Å². The van der Waals surface area contributed by atoms with Crippen LogP contribution in [0.3, 0.4) is 0 Å². The van der Waals surface area contributed by atoms with E-state index in [0.717, 1.165) is 0 Å². The Morgan fingerprint density at radius 1 is 1.53 bits per heavy atom. The van der Waals surface area contributed by atoms with E-state index in [9.17, 15) is 13.6 Å². The zero-order valence-electron chi connectivity index (χ0n) is 8.68. The summed E-state index contributed by atoms with van der Waals surface area (Å²) in [5.41, 5.74) is 0.549. The molecule has 0 fully saturated rings. The van der Waals surface area contributed by atoms with Gasteiger partial charge in [-0.2, -0.15) is 8.78 Å². The zero-order chi connectivity index (χ0) is 13.0. The van der Waals surface area contributed by atoms with Gasteiger partial charge in [-0.25, -0.2) is 4.79 Å². The van der Waals surface area contributed by atoms with Gasteiger partial charge in [-0.05, 0) is 17.7 Å². The van der Waals surface area contributed by atoms with Crippen molar-refractivity contribution in [3.05, 3.63) is 27.7 Å². The van der Waals surface area contributed by atoms with Gasteiger partial charge in [0.25, 0.3) is 0 Å². The number of rotatable bonds is 4. The molecule has 0 aliphatic rings. The summed E-state index contributed by atoms with van der Waals surface area (Å²) in [4.78, 5) is 11.4. The van der Waals surface area contributed by atoms with Gasteiger partial charge in [0.15, 0.2) is 0 Å². The second-order valence-corrected chi connectivity index (χ2v) is 4.06. The van der Waals surface area contributed by atoms with Crippen LogP contribution >= 0.6 is 27.5 Å². The largest absolute Gasteiger partial charge is 0.465 e. The number of hydrogen-bond donors (Lipinski definition) is 0. The summed E-state index contributed by atoms with van der Waals surface area (Å²) < 4.78 is 33.3. The first-order valence-electron chi connectivity index (χ1n) is 4.41. The Kier molecular flexibility index (Phi) is 5.14. The van der Waals surface area contributed by atoms with Crippen LogP contribution in [-0.4, -0.2) is 19.7 Å². The smallest absolute Gasteiger partial charge is 0.387 e. The third kappa shape index (κ3) is 3.54. The standard InChI is InChI=1S/C10H8BrClF2O3/c1-16-9(15)6-2-5(17-10(13)14)3-8(11)7(6)4-12/h2-3,10H,4H2,1H3. The van der Waals surface area contributed by atoms with Crippen molar-refractivity contribution in [1.29, 1.82) is 0 Å². The maximum atomic E-state index is 12.1. The quantitative estimate of drug-likeness (QED) is 0.626. The van der Waals surface area contributed by atoms with E-state index < -0.39 is 12.6 Å². The van der Waals surface area contributed by atoms with Gasteiger partial charge in [-0.15, -0.1) is 11.6 Å². The van der Waals surface area contributed by atoms with Crippen LogP contribution in [0.4, 0.5) is 8.78 Å². The fourth-order valence-electron chi connectivity index (χ4n) is 1.21. The second-order valence-electron chi connectivity index (χ2n) is 2.93. The second kappa shape index (κ2) is 6.16. The highest BCUT2D eigenvalue weighted by molar-refractivity contribution is 9.10. The molecule has 1 aromatic carbocycles. The molecule has 3 nitrogen and oxygen atoms in total. The predicted molar refractivity (Wildman–Crippen MR) is 61.7 cm³/mol. The van der Waals surface area contributed by atoms with Crippen molar-refractivity contribution < 1.29 is 23.0 Å². The van der Waals surface area contributed by atoms with E-state index in [1.54, 1.807) is 0 Å². The minimum atomic E-state index is -2.96. The monoisotopic (exact) mass is 328 g/mol. The number of halogens is 4. The number of methoxy groups -OCH3 is 1. The molecule has 0 radical (unpaired) electrons. The van der Waals surface area contributed by atoms with Crippen LogP contribution in [-0.2, 0) is 10.6 Å². The summed E-state index contributed by atoms with van der Waals surface area (Å²) in [5.74, 6) is -0.762. The Hall–Kier alpha value is -0.880. The molecule has 17 heavy (non-hydrogen) atoms. The summed E-state index contributed by atoms with van der Waals surface area (Å²) in [7, 11) is 1.19. The van der Waals surface area contributed by atoms with Gasteiger partial charge in [0, 0.05) is 10.4 Å². The maximum Gasteiger partial charge on any atom is 0.387 e. The lowest BCUT2D eigenvalue weighted by atomic mass is 10.1. The normalized spacial score (nSPS) is 10.5. The molecule has 0 aromatic heterocycles. The molecule has 0 atom stereocenters. The summed E-state index contributed by atoms with van der Waals surface area (Å²) in [6, 6.07) is 2.48. The molecule has 1 aromatic rings. The minimum Gasteiger partial charge on any atom is -0.465 e. The Morgan fingerprint density at radius 2 is 2.18 bits per heavy atom. The molecule has 0 unspecified atom stereocenters. The Labute approximate surface area is 110 Å². The highest BCUT2D eigenvalue weighted by Gasteiger charge is 2.17. The first kappa shape index (κ1) is 14.2. The van der Waals surface area contributed by atoms with Crippen LogP contribution in [0.5, 0.6) is 5.75 Å². The lowest BCUT2D eigenvalue weighted by Crippen LogP contribution is -2.08. The number of carbonyl (C=O) groups excluding carboxylic acids is 1. The average Bonchev–Trinajstić information content (AvgIpc) is 2.26. The molecule has 0 bridgehead atoms. The van der Waals surface area contributed by atoms with E-state index in [2.05, 4.69) is 25.4 Å². The zero-order valence-corrected chi connectivity index (χ0v) is 11.0. The molecule has 1 rings (SSSR count). The van der Waals surface area contributed by atoms with Gasteiger partial charge < -0.3 is 9.47 Å². The van der Waals surface area contributed by atoms with Crippen molar-refractivity contribution in [3.63, 3.8) is 0 Å². The fraction of sp³-hybridized carbons (Fsp3) is 0.300.